The molecule has 33 heavy (non-hydrogen) atoms. The minimum atomic E-state index is -2.43. The highest BCUT2D eigenvalue weighted by Crippen LogP contribution is 2.30. The van der Waals surface area contributed by atoms with Gasteiger partial charge in [0.15, 0.2) is 11.5 Å². The summed E-state index contributed by atoms with van der Waals surface area (Å²) in [6, 6.07) is 12.4. The normalized spacial score (nSPS) is 11.2. The molecule has 0 bridgehead atoms. The van der Waals surface area contributed by atoms with Gasteiger partial charge in [-0.2, -0.15) is 0 Å². The molecule has 2 rings (SSSR count). The van der Waals surface area contributed by atoms with Crippen LogP contribution in [0.5, 0.6) is 17.2 Å². The monoisotopic (exact) mass is 475 g/mol. The van der Waals surface area contributed by atoms with Crippen molar-refractivity contribution in [1.29, 1.82) is 0 Å². The SMILES string of the molecule is COc1cc(CNC(=O)CCCC/C=C/C(C)C)ccc1OCc1ccc(OP(O)O)cc1. The number of ether oxygens (including phenoxy) is 2. The molecular weight excluding hydrogens is 441 g/mol. The van der Waals surface area contributed by atoms with Crippen LogP contribution in [0, 0.1) is 5.92 Å². The van der Waals surface area contributed by atoms with E-state index in [0.717, 1.165) is 30.4 Å². The fourth-order valence-electron chi connectivity index (χ4n) is 3.05. The molecule has 8 heteroatoms. The number of rotatable bonds is 14. The molecule has 0 aliphatic rings. The Morgan fingerprint density at radius 2 is 1.79 bits per heavy atom. The number of hydrogen-bond acceptors (Lipinski definition) is 6. The van der Waals surface area contributed by atoms with Gasteiger partial charge in [-0.05, 0) is 60.6 Å². The Kier molecular flexibility index (Phi) is 11.7. The largest absolute Gasteiger partial charge is 0.493 e. The van der Waals surface area contributed by atoms with Crippen LogP contribution in [0.2, 0.25) is 0 Å². The zero-order chi connectivity index (χ0) is 24.1. The highest BCUT2D eigenvalue weighted by atomic mass is 31.2. The molecule has 0 radical (unpaired) electrons. The molecule has 0 unspecified atom stereocenters. The number of allylic oxidation sites excluding steroid dienone is 2. The summed E-state index contributed by atoms with van der Waals surface area (Å²) < 4.78 is 16.2. The number of nitrogens with one attached hydrogen (secondary N) is 1. The molecule has 0 saturated carbocycles. The standard InChI is InChI=1S/C25H34NO6P/c1-19(2)8-6-4-5-7-9-25(27)26-17-21-12-15-23(24(16-21)30-3)31-18-20-10-13-22(14-11-20)32-33(28)29/h6,8,10-16,19,28-29H,4-5,7,9,17-18H2,1-3H3,(H,26,27)/b8-6+. The van der Waals surface area contributed by atoms with Gasteiger partial charge in [-0.25, -0.2) is 0 Å². The summed E-state index contributed by atoms with van der Waals surface area (Å²) in [5.74, 6) is 2.17. The molecule has 0 saturated heterocycles. The maximum Gasteiger partial charge on any atom is 0.391 e. The molecule has 0 spiro atoms. The van der Waals surface area contributed by atoms with Gasteiger partial charge in [0.1, 0.15) is 12.4 Å². The summed E-state index contributed by atoms with van der Waals surface area (Å²) in [5.41, 5.74) is 1.82. The maximum absolute atomic E-state index is 12.1. The van der Waals surface area contributed by atoms with E-state index in [0.29, 0.717) is 42.7 Å². The van der Waals surface area contributed by atoms with E-state index in [9.17, 15) is 4.79 Å². The number of unbranched alkanes of at least 4 members (excludes halogenated alkanes) is 2. The fourth-order valence-corrected chi connectivity index (χ4v) is 3.36. The molecule has 0 aromatic heterocycles. The average Bonchev–Trinajstić information content (AvgIpc) is 2.79. The van der Waals surface area contributed by atoms with Gasteiger partial charge in [0.25, 0.3) is 0 Å². The van der Waals surface area contributed by atoms with E-state index in [1.807, 2.05) is 18.2 Å². The fraction of sp³-hybridized carbons (Fsp3) is 0.400. The second-order valence-electron chi connectivity index (χ2n) is 7.96. The van der Waals surface area contributed by atoms with Crippen molar-refractivity contribution < 1.29 is 28.6 Å². The van der Waals surface area contributed by atoms with Crippen LogP contribution in [0.4, 0.5) is 0 Å². The topological polar surface area (TPSA) is 97.3 Å². The Bertz CT molecular complexity index is 883. The van der Waals surface area contributed by atoms with Crippen LogP contribution in [-0.2, 0) is 17.9 Å². The van der Waals surface area contributed by atoms with Crippen LogP contribution in [0.3, 0.4) is 0 Å². The van der Waals surface area contributed by atoms with Crippen molar-refractivity contribution in [3.63, 3.8) is 0 Å². The summed E-state index contributed by atoms with van der Waals surface area (Å²) in [4.78, 5) is 29.9. The Labute approximate surface area is 197 Å². The third kappa shape index (κ3) is 10.7. The van der Waals surface area contributed by atoms with Crippen molar-refractivity contribution in [3.05, 3.63) is 65.7 Å². The molecule has 0 aliphatic carbocycles. The van der Waals surface area contributed by atoms with Crippen molar-refractivity contribution in [3.8, 4) is 17.2 Å². The van der Waals surface area contributed by atoms with E-state index in [4.69, 9.17) is 23.8 Å². The van der Waals surface area contributed by atoms with Crippen LogP contribution >= 0.6 is 8.60 Å². The van der Waals surface area contributed by atoms with Gasteiger partial charge in [-0.1, -0.05) is 44.2 Å². The molecule has 3 N–H and O–H groups in total. The summed E-state index contributed by atoms with van der Waals surface area (Å²) in [5, 5.41) is 2.96. The number of methoxy groups -OCH3 is 1. The minimum Gasteiger partial charge on any atom is -0.493 e. The highest BCUT2D eigenvalue weighted by Gasteiger charge is 2.08. The molecule has 7 nitrogen and oxygen atoms in total. The van der Waals surface area contributed by atoms with E-state index in [1.165, 1.54) is 0 Å². The summed E-state index contributed by atoms with van der Waals surface area (Å²) >= 11 is 0. The first-order valence-electron chi connectivity index (χ1n) is 11.0. The second kappa shape index (κ2) is 14.5. The third-order valence-corrected chi connectivity index (χ3v) is 5.14. The average molecular weight is 476 g/mol. The van der Waals surface area contributed by atoms with Gasteiger partial charge in [-0.3, -0.25) is 4.79 Å². The summed E-state index contributed by atoms with van der Waals surface area (Å²) in [6.07, 6.45) is 7.79. The molecular formula is C25H34NO6P. The molecule has 2 aromatic carbocycles. The van der Waals surface area contributed by atoms with Crippen LogP contribution < -0.4 is 19.3 Å². The Hall–Kier alpha value is -2.60. The lowest BCUT2D eigenvalue weighted by Gasteiger charge is -2.13. The quantitative estimate of drug-likeness (QED) is 0.196. The van der Waals surface area contributed by atoms with Crippen LogP contribution in [0.25, 0.3) is 0 Å². The number of carbonyl (C=O) groups excluding carboxylic acids is 1. The first kappa shape index (κ1) is 26.7. The van der Waals surface area contributed by atoms with Gasteiger partial charge in [0.05, 0.1) is 7.11 Å². The molecule has 1 amide bonds. The van der Waals surface area contributed by atoms with Crippen LogP contribution in [0.15, 0.2) is 54.6 Å². The highest BCUT2D eigenvalue weighted by molar-refractivity contribution is 7.39. The minimum absolute atomic E-state index is 0.0459. The first-order chi connectivity index (χ1) is 15.9. The predicted octanol–water partition coefficient (Wildman–Crippen LogP) is 5.25. The van der Waals surface area contributed by atoms with Crippen molar-refractivity contribution >= 4 is 14.5 Å². The molecule has 2 aromatic rings. The molecule has 0 aliphatic heterocycles. The zero-order valence-corrected chi connectivity index (χ0v) is 20.4. The lowest BCUT2D eigenvalue weighted by atomic mass is 10.1. The lowest BCUT2D eigenvalue weighted by Crippen LogP contribution is -2.22. The number of amides is 1. The lowest BCUT2D eigenvalue weighted by molar-refractivity contribution is -0.121. The second-order valence-corrected chi connectivity index (χ2v) is 8.64. The van der Waals surface area contributed by atoms with Crippen molar-refractivity contribution in [2.45, 2.75) is 52.7 Å². The van der Waals surface area contributed by atoms with E-state index < -0.39 is 8.60 Å². The number of carbonyl (C=O) groups is 1. The number of benzene rings is 2. The van der Waals surface area contributed by atoms with E-state index in [2.05, 4.69) is 31.3 Å². The smallest absolute Gasteiger partial charge is 0.391 e. The van der Waals surface area contributed by atoms with E-state index in [1.54, 1.807) is 31.4 Å². The van der Waals surface area contributed by atoms with Crippen LogP contribution in [-0.4, -0.2) is 22.8 Å². The number of hydrogen-bond donors (Lipinski definition) is 3. The van der Waals surface area contributed by atoms with Crippen LogP contribution in [0.1, 0.15) is 50.7 Å². The maximum atomic E-state index is 12.1. The predicted molar refractivity (Wildman–Crippen MR) is 130 cm³/mol. The Morgan fingerprint density at radius 3 is 2.45 bits per heavy atom. The molecule has 0 atom stereocenters. The first-order valence-corrected chi connectivity index (χ1v) is 12.2. The van der Waals surface area contributed by atoms with Gasteiger partial charge in [0.2, 0.25) is 5.91 Å². The Morgan fingerprint density at radius 1 is 1.06 bits per heavy atom. The van der Waals surface area contributed by atoms with Gasteiger partial charge in [0, 0.05) is 13.0 Å². The van der Waals surface area contributed by atoms with Gasteiger partial charge >= 0.3 is 8.60 Å². The summed E-state index contributed by atoms with van der Waals surface area (Å²) in [7, 11) is -0.856. The van der Waals surface area contributed by atoms with E-state index >= 15 is 0 Å². The van der Waals surface area contributed by atoms with Crippen molar-refractivity contribution in [1.82, 2.24) is 5.32 Å². The van der Waals surface area contributed by atoms with Gasteiger partial charge in [-0.15, -0.1) is 0 Å². The molecule has 0 heterocycles. The van der Waals surface area contributed by atoms with E-state index in [-0.39, 0.29) is 5.91 Å². The zero-order valence-electron chi connectivity index (χ0n) is 19.5. The summed E-state index contributed by atoms with van der Waals surface area (Å²) in [6.45, 7) is 5.05. The third-order valence-electron chi connectivity index (χ3n) is 4.77. The van der Waals surface area contributed by atoms with Gasteiger partial charge < -0.3 is 29.1 Å². The Balaban J connectivity index is 1.78. The van der Waals surface area contributed by atoms with Crippen molar-refractivity contribution in [2.24, 2.45) is 5.92 Å². The molecule has 180 valence electrons. The van der Waals surface area contributed by atoms with Crippen molar-refractivity contribution in [2.75, 3.05) is 7.11 Å². The molecule has 0 fully saturated rings.